The molecule has 0 aliphatic carbocycles. The van der Waals surface area contributed by atoms with Gasteiger partial charge in [0, 0.05) is 4.90 Å². The Labute approximate surface area is 153 Å². The molecule has 7 nitrogen and oxygen atoms in total. The van der Waals surface area contributed by atoms with Gasteiger partial charge in [0.15, 0.2) is 5.84 Å². The van der Waals surface area contributed by atoms with Crippen LogP contribution in [0.4, 0.5) is 0 Å². The summed E-state index contributed by atoms with van der Waals surface area (Å²) in [7, 11) is -3.52. The van der Waals surface area contributed by atoms with Crippen molar-refractivity contribution in [3.8, 4) is 0 Å². The smallest absolute Gasteiger partial charge is 0.282 e. The summed E-state index contributed by atoms with van der Waals surface area (Å²) in [4.78, 5) is 17.2. The van der Waals surface area contributed by atoms with Crippen LogP contribution >= 0.6 is 23.5 Å². The first-order valence-electron chi connectivity index (χ1n) is 7.22. The molecule has 130 valence electrons. The number of benzene rings is 1. The van der Waals surface area contributed by atoms with Crippen LogP contribution in [0.25, 0.3) is 6.08 Å². The highest BCUT2D eigenvalue weighted by molar-refractivity contribution is 8.42. The normalized spacial score (nSPS) is 19.1. The highest BCUT2D eigenvalue weighted by Gasteiger charge is 2.39. The Morgan fingerprint density at radius 3 is 2.60 bits per heavy atom. The van der Waals surface area contributed by atoms with Crippen molar-refractivity contribution in [2.24, 2.45) is 10.1 Å². The van der Waals surface area contributed by atoms with E-state index >= 15 is 0 Å². The number of carbonyl (C=O) groups is 1. The molecule has 0 fully saturated rings. The first-order chi connectivity index (χ1) is 11.9. The molecule has 2 heterocycles. The van der Waals surface area contributed by atoms with E-state index < -0.39 is 15.7 Å². The van der Waals surface area contributed by atoms with Crippen LogP contribution in [0.2, 0.25) is 0 Å². The molecule has 0 atom stereocenters. The van der Waals surface area contributed by atoms with Crippen molar-refractivity contribution in [2.45, 2.75) is 11.8 Å². The molecule has 0 bridgehead atoms. The molecule has 1 amide bonds. The van der Waals surface area contributed by atoms with Gasteiger partial charge in [0.2, 0.25) is 19.4 Å². The van der Waals surface area contributed by atoms with E-state index in [9.17, 15) is 13.2 Å². The second-order valence-corrected chi connectivity index (χ2v) is 9.35. The van der Waals surface area contributed by atoms with Gasteiger partial charge in [-0.15, -0.1) is 16.9 Å². The van der Waals surface area contributed by atoms with Crippen molar-refractivity contribution in [3.05, 3.63) is 35.4 Å². The summed E-state index contributed by atoms with van der Waals surface area (Å²) in [5.41, 5.74) is 0.821. The van der Waals surface area contributed by atoms with Crippen LogP contribution in [-0.4, -0.2) is 46.7 Å². The van der Waals surface area contributed by atoms with Gasteiger partial charge in [0.05, 0.1) is 11.3 Å². The van der Waals surface area contributed by atoms with Crippen molar-refractivity contribution < 1.29 is 13.2 Å². The minimum absolute atomic E-state index is 0.0696. The second kappa shape index (κ2) is 6.77. The monoisotopic (exact) mass is 394 g/mol. The number of amidine groups is 2. The first-order valence-corrected chi connectivity index (χ1v) is 10.9. The van der Waals surface area contributed by atoms with Crippen molar-refractivity contribution in [2.75, 3.05) is 12.0 Å². The molecular weight excluding hydrogens is 380 g/mol. The van der Waals surface area contributed by atoms with Crippen LogP contribution in [-0.2, 0) is 14.6 Å². The molecule has 0 radical (unpaired) electrons. The molecule has 0 saturated carbocycles. The first kappa shape index (κ1) is 17.9. The lowest BCUT2D eigenvalue weighted by Crippen LogP contribution is -2.35. The number of nitrogens with zero attached hydrogens (tertiary/aromatic N) is 3. The molecule has 2 aliphatic rings. The predicted octanol–water partition coefficient (Wildman–Crippen LogP) is 2.42. The summed E-state index contributed by atoms with van der Waals surface area (Å²) in [5, 5.41) is 13.4. The number of hydrogen-bond donors (Lipinski definition) is 1. The lowest BCUT2D eigenvalue weighted by molar-refractivity contribution is -0.114. The predicted molar refractivity (Wildman–Crippen MR) is 103 cm³/mol. The SMILES string of the molecule is CCS(=O)(=O)C1=NN2C(=N)/C(=C/c3ccc(SC)cc3)C(=O)N=C2S1. The molecule has 0 aromatic heterocycles. The van der Waals surface area contributed by atoms with Crippen LogP contribution in [0, 0.1) is 5.41 Å². The molecule has 3 rings (SSSR count). The van der Waals surface area contributed by atoms with E-state index in [1.807, 2.05) is 30.5 Å². The fourth-order valence-electron chi connectivity index (χ4n) is 2.09. The maximum Gasteiger partial charge on any atom is 0.283 e. The molecular formula is C15H14N4O3S3. The van der Waals surface area contributed by atoms with E-state index in [4.69, 9.17) is 5.41 Å². The van der Waals surface area contributed by atoms with E-state index in [0.717, 1.165) is 27.2 Å². The van der Waals surface area contributed by atoms with Crippen LogP contribution in [0.15, 0.2) is 44.8 Å². The fraction of sp³-hybridized carbons (Fsp3) is 0.200. The number of rotatable bonds is 3. The topological polar surface area (TPSA) is 103 Å². The largest absolute Gasteiger partial charge is 0.283 e. The van der Waals surface area contributed by atoms with Crippen molar-refractivity contribution in [1.29, 1.82) is 5.41 Å². The Balaban J connectivity index is 1.96. The van der Waals surface area contributed by atoms with E-state index in [0.29, 0.717) is 0 Å². The fourth-order valence-corrected chi connectivity index (χ4v) is 4.66. The van der Waals surface area contributed by atoms with Crippen molar-refractivity contribution >= 4 is 60.7 Å². The third-order valence-corrected chi connectivity index (χ3v) is 7.34. The number of carbonyl (C=O) groups excluding carboxylic acids is 1. The summed E-state index contributed by atoms with van der Waals surface area (Å²) in [6.07, 6.45) is 3.52. The van der Waals surface area contributed by atoms with Crippen molar-refractivity contribution in [3.63, 3.8) is 0 Å². The van der Waals surface area contributed by atoms with Gasteiger partial charge in [0.1, 0.15) is 0 Å². The molecule has 0 spiro atoms. The Kier molecular flexibility index (Phi) is 4.85. The van der Waals surface area contributed by atoms with Crippen LogP contribution in [0.5, 0.6) is 0 Å². The molecule has 0 unspecified atom stereocenters. The van der Waals surface area contributed by atoms with Crippen molar-refractivity contribution in [1.82, 2.24) is 5.01 Å². The maximum absolute atomic E-state index is 12.3. The second-order valence-electron chi connectivity index (χ2n) is 5.06. The number of sulfone groups is 1. The van der Waals surface area contributed by atoms with Crippen LogP contribution < -0.4 is 0 Å². The molecule has 10 heteroatoms. The third kappa shape index (κ3) is 3.42. The number of thioether (sulfide) groups is 2. The molecule has 1 aromatic carbocycles. The van der Waals surface area contributed by atoms with Gasteiger partial charge in [-0.2, -0.15) is 10.0 Å². The number of aliphatic imine (C=N–C) groups is 1. The minimum atomic E-state index is -3.52. The summed E-state index contributed by atoms with van der Waals surface area (Å²) < 4.78 is 23.8. The zero-order valence-electron chi connectivity index (χ0n) is 13.4. The highest BCUT2D eigenvalue weighted by atomic mass is 32.3. The average molecular weight is 395 g/mol. The Morgan fingerprint density at radius 1 is 1.32 bits per heavy atom. The van der Waals surface area contributed by atoms with Gasteiger partial charge in [-0.25, -0.2) is 8.42 Å². The minimum Gasteiger partial charge on any atom is -0.282 e. The third-order valence-electron chi connectivity index (χ3n) is 3.51. The van der Waals surface area contributed by atoms with Crippen LogP contribution in [0.3, 0.4) is 0 Å². The Morgan fingerprint density at radius 2 is 2.00 bits per heavy atom. The quantitative estimate of drug-likeness (QED) is 0.624. The number of fused-ring (bicyclic) bond motifs is 1. The lowest BCUT2D eigenvalue weighted by atomic mass is 10.1. The molecule has 25 heavy (non-hydrogen) atoms. The number of hydrazone groups is 1. The number of amides is 1. The summed E-state index contributed by atoms with van der Waals surface area (Å²) >= 11 is 2.40. The zero-order valence-corrected chi connectivity index (χ0v) is 15.8. The van der Waals surface area contributed by atoms with E-state index in [1.165, 1.54) is 6.92 Å². The van der Waals surface area contributed by atoms with Crippen LogP contribution in [0.1, 0.15) is 12.5 Å². The summed E-state index contributed by atoms with van der Waals surface area (Å²) in [6.45, 7) is 1.51. The van der Waals surface area contributed by atoms with E-state index in [2.05, 4.69) is 10.1 Å². The van der Waals surface area contributed by atoms with E-state index in [1.54, 1.807) is 17.8 Å². The lowest BCUT2D eigenvalue weighted by Gasteiger charge is -2.20. The van der Waals surface area contributed by atoms with Gasteiger partial charge in [0.25, 0.3) is 5.91 Å². The number of nitrogens with one attached hydrogen (secondary N) is 1. The van der Waals surface area contributed by atoms with Gasteiger partial charge >= 0.3 is 0 Å². The molecule has 1 aromatic rings. The maximum atomic E-state index is 12.3. The molecule has 2 aliphatic heterocycles. The summed E-state index contributed by atoms with van der Waals surface area (Å²) in [5.74, 6) is -0.869. The zero-order chi connectivity index (χ0) is 18.2. The van der Waals surface area contributed by atoms with E-state index in [-0.39, 0.29) is 26.7 Å². The molecule has 1 N–H and O–H groups in total. The Bertz CT molecular complexity index is 947. The summed E-state index contributed by atoms with van der Waals surface area (Å²) in [6, 6.07) is 7.51. The van der Waals surface area contributed by atoms with Gasteiger partial charge in [-0.1, -0.05) is 19.1 Å². The van der Waals surface area contributed by atoms with Gasteiger partial charge in [-0.05, 0) is 41.8 Å². The number of hydrogen-bond acceptors (Lipinski definition) is 7. The van der Waals surface area contributed by atoms with Gasteiger partial charge < -0.3 is 0 Å². The standard InChI is InChI=1S/C15H14N4O3S3/c1-3-25(21,22)15-18-19-12(16)11(13(20)17-14(19)24-15)8-9-4-6-10(23-2)7-5-9/h4-8,16H,3H2,1-2H3/b11-8-,16-12?. The average Bonchev–Trinajstić information content (AvgIpc) is 3.04. The molecule has 0 saturated heterocycles. The highest BCUT2D eigenvalue weighted by Crippen LogP contribution is 2.30. The van der Waals surface area contributed by atoms with Gasteiger partial charge in [-0.3, -0.25) is 10.2 Å². The Hall–Kier alpha value is -1.91.